The number of fused-ring (bicyclic) bond motifs is 1. The van der Waals surface area contributed by atoms with Crippen molar-refractivity contribution in [2.75, 3.05) is 20.3 Å². The van der Waals surface area contributed by atoms with Crippen molar-refractivity contribution in [2.24, 2.45) is 0 Å². The molecule has 0 aromatic heterocycles. The molecule has 0 saturated carbocycles. The Hall–Kier alpha value is -2.27. The minimum absolute atomic E-state index is 0.0382. The van der Waals surface area contributed by atoms with E-state index in [2.05, 4.69) is 28.1 Å². The number of carbonyl (C=O) groups is 1. The van der Waals surface area contributed by atoms with E-state index in [0.717, 1.165) is 59.5 Å². The Bertz CT molecular complexity index is 893. The SMILES string of the molecule is COc1ccc(Br)cc1C1CCCN1C(=O)/C=C/c1ccc2c(c1)CCO2. The summed E-state index contributed by atoms with van der Waals surface area (Å²) >= 11 is 3.53. The lowest BCUT2D eigenvalue weighted by Crippen LogP contribution is -2.29. The Morgan fingerprint density at radius 1 is 1.30 bits per heavy atom. The Balaban J connectivity index is 1.53. The molecule has 0 N–H and O–H groups in total. The molecule has 2 aliphatic heterocycles. The third-order valence-electron chi connectivity index (χ3n) is 5.22. The summed E-state index contributed by atoms with van der Waals surface area (Å²) in [7, 11) is 1.67. The number of hydrogen-bond acceptors (Lipinski definition) is 3. The van der Waals surface area contributed by atoms with E-state index in [-0.39, 0.29) is 11.9 Å². The Morgan fingerprint density at radius 3 is 3.04 bits per heavy atom. The second kappa shape index (κ2) is 7.77. The molecule has 4 nitrogen and oxygen atoms in total. The number of carbonyl (C=O) groups excluding carboxylic acids is 1. The summed E-state index contributed by atoms with van der Waals surface area (Å²) in [4.78, 5) is 14.8. The van der Waals surface area contributed by atoms with Crippen molar-refractivity contribution in [1.29, 1.82) is 0 Å². The molecule has 1 saturated heterocycles. The third-order valence-corrected chi connectivity index (χ3v) is 5.71. The van der Waals surface area contributed by atoms with Gasteiger partial charge in [-0.1, -0.05) is 22.0 Å². The summed E-state index contributed by atoms with van der Waals surface area (Å²) in [6.07, 6.45) is 6.45. The zero-order chi connectivity index (χ0) is 18.8. The fraction of sp³-hybridized carbons (Fsp3) is 0.318. The molecule has 1 amide bonds. The molecule has 2 aromatic rings. The molecule has 27 heavy (non-hydrogen) atoms. The van der Waals surface area contributed by atoms with Gasteiger partial charge in [-0.25, -0.2) is 0 Å². The van der Waals surface area contributed by atoms with Crippen LogP contribution in [0.2, 0.25) is 0 Å². The molecule has 0 bridgehead atoms. The van der Waals surface area contributed by atoms with Crippen molar-refractivity contribution in [3.8, 4) is 11.5 Å². The molecular weight excluding hydrogens is 406 g/mol. The first-order valence-electron chi connectivity index (χ1n) is 9.23. The van der Waals surface area contributed by atoms with Crippen LogP contribution in [0.15, 0.2) is 46.9 Å². The maximum Gasteiger partial charge on any atom is 0.247 e. The lowest BCUT2D eigenvalue weighted by Gasteiger charge is -2.25. The van der Waals surface area contributed by atoms with E-state index in [1.165, 1.54) is 5.56 Å². The van der Waals surface area contributed by atoms with Gasteiger partial charge < -0.3 is 14.4 Å². The van der Waals surface area contributed by atoms with E-state index in [4.69, 9.17) is 9.47 Å². The Labute approximate surface area is 167 Å². The molecule has 1 fully saturated rings. The van der Waals surface area contributed by atoms with Gasteiger partial charge in [0.15, 0.2) is 0 Å². The largest absolute Gasteiger partial charge is 0.496 e. The molecule has 1 unspecified atom stereocenters. The molecular formula is C22H22BrNO3. The molecule has 2 aliphatic rings. The quantitative estimate of drug-likeness (QED) is 0.659. The number of ether oxygens (including phenoxy) is 2. The number of rotatable bonds is 4. The predicted molar refractivity (Wildman–Crippen MR) is 109 cm³/mol. The van der Waals surface area contributed by atoms with Crippen molar-refractivity contribution < 1.29 is 14.3 Å². The summed E-state index contributed by atoms with van der Waals surface area (Å²) in [5.74, 6) is 1.82. The fourth-order valence-electron chi connectivity index (χ4n) is 3.89. The highest BCUT2D eigenvalue weighted by atomic mass is 79.9. The lowest BCUT2D eigenvalue weighted by atomic mass is 10.0. The second-order valence-electron chi connectivity index (χ2n) is 6.87. The number of methoxy groups -OCH3 is 1. The molecule has 140 valence electrons. The van der Waals surface area contributed by atoms with Crippen molar-refractivity contribution in [3.63, 3.8) is 0 Å². The van der Waals surface area contributed by atoms with E-state index in [1.807, 2.05) is 35.2 Å². The molecule has 0 aliphatic carbocycles. The number of hydrogen-bond donors (Lipinski definition) is 0. The first kappa shape index (κ1) is 18.1. The Kier molecular flexibility index (Phi) is 5.21. The summed E-state index contributed by atoms with van der Waals surface area (Å²) in [6.45, 7) is 1.51. The number of amides is 1. The molecule has 0 spiro atoms. The van der Waals surface area contributed by atoms with Crippen LogP contribution in [-0.4, -0.2) is 31.1 Å². The standard InChI is InChI=1S/C22H22BrNO3/c1-26-21-8-6-17(23)14-18(21)19-3-2-11-24(19)22(25)9-5-15-4-7-20-16(13-15)10-12-27-20/h4-9,13-14,19H,2-3,10-12H2,1H3/b9-5+. The highest BCUT2D eigenvalue weighted by Crippen LogP contribution is 2.38. The minimum atomic E-state index is 0.0382. The third kappa shape index (κ3) is 3.74. The van der Waals surface area contributed by atoms with Gasteiger partial charge in [-0.05, 0) is 60.4 Å². The fourth-order valence-corrected chi connectivity index (χ4v) is 4.27. The van der Waals surface area contributed by atoms with Gasteiger partial charge in [0.1, 0.15) is 11.5 Å². The van der Waals surface area contributed by atoms with Crippen LogP contribution in [0.4, 0.5) is 0 Å². The van der Waals surface area contributed by atoms with E-state index in [9.17, 15) is 4.79 Å². The van der Waals surface area contributed by atoms with Crippen LogP contribution in [-0.2, 0) is 11.2 Å². The molecule has 4 rings (SSSR count). The van der Waals surface area contributed by atoms with E-state index in [0.29, 0.717) is 0 Å². The normalized spacial score (nSPS) is 18.6. The van der Waals surface area contributed by atoms with Gasteiger partial charge in [0.05, 0.1) is 19.8 Å². The highest BCUT2D eigenvalue weighted by molar-refractivity contribution is 9.10. The van der Waals surface area contributed by atoms with Crippen molar-refractivity contribution in [3.05, 3.63) is 63.6 Å². The first-order chi connectivity index (χ1) is 13.2. The van der Waals surface area contributed by atoms with Gasteiger partial charge in [-0.15, -0.1) is 0 Å². The van der Waals surface area contributed by atoms with E-state index < -0.39 is 0 Å². The number of benzene rings is 2. The molecule has 5 heteroatoms. The van der Waals surface area contributed by atoms with Crippen molar-refractivity contribution in [2.45, 2.75) is 25.3 Å². The van der Waals surface area contributed by atoms with Crippen LogP contribution < -0.4 is 9.47 Å². The van der Waals surface area contributed by atoms with Gasteiger partial charge in [-0.3, -0.25) is 4.79 Å². The van der Waals surface area contributed by atoms with Gasteiger partial charge >= 0.3 is 0 Å². The first-order valence-corrected chi connectivity index (χ1v) is 10.0. The predicted octanol–water partition coefficient (Wildman–Crippen LogP) is 4.77. The zero-order valence-corrected chi connectivity index (χ0v) is 16.9. The minimum Gasteiger partial charge on any atom is -0.496 e. The topological polar surface area (TPSA) is 38.8 Å². The van der Waals surface area contributed by atoms with Crippen LogP contribution in [0.5, 0.6) is 11.5 Å². The van der Waals surface area contributed by atoms with Gasteiger partial charge in [0, 0.05) is 29.1 Å². The molecule has 2 heterocycles. The van der Waals surface area contributed by atoms with Crippen LogP contribution >= 0.6 is 15.9 Å². The maximum absolute atomic E-state index is 12.9. The summed E-state index contributed by atoms with van der Waals surface area (Å²) < 4.78 is 12.1. The van der Waals surface area contributed by atoms with Gasteiger partial charge in [-0.2, -0.15) is 0 Å². The average Bonchev–Trinajstić information content (AvgIpc) is 3.34. The van der Waals surface area contributed by atoms with Gasteiger partial charge in [0.2, 0.25) is 5.91 Å². The zero-order valence-electron chi connectivity index (χ0n) is 15.3. The van der Waals surface area contributed by atoms with E-state index in [1.54, 1.807) is 13.2 Å². The number of likely N-dealkylation sites (tertiary alicyclic amines) is 1. The van der Waals surface area contributed by atoms with Crippen LogP contribution in [0, 0.1) is 0 Å². The van der Waals surface area contributed by atoms with Crippen molar-refractivity contribution >= 4 is 27.9 Å². The number of halogens is 1. The van der Waals surface area contributed by atoms with Crippen LogP contribution in [0.1, 0.15) is 35.6 Å². The summed E-state index contributed by atoms with van der Waals surface area (Å²) in [6, 6.07) is 12.1. The smallest absolute Gasteiger partial charge is 0.247 e. The molecule has 2 aromatic carbocycles. The lowest BCUT2D eigenvalue weighted by molar-refractivity contribution is -0.126. The van der Waals surface area contributed by atoms with Crippen molar-refractivity contribution in [1.82, 2.24) is 4.90 Å². The Morgan fingerprint density at radius 2 is 2.19 bits per heavy atom. The second-order valence-corrected chi connectivity index (χ2v) is 7.79. The summed E-state index contributed by atoms with van der Waals surface area (Å²) in [5, 5.41) is 0. The van der Waals surface area contributed by atoms with E-state index >= 15 is 0 Å². The average molecular weight is 428 g/mol. The maximum atomic E-state index is 12.9. The van der Waals surface area contributed by atoms with Gasteiger partial charge in [0.25, 0.3) is 0 Å². The molecule has 1 atom stereocenters. The van der Waals surface area contributed by atoms with Crippen LogP contribution in [0.3, 0.4) is 0 Å². The summed E-state index contributed by atoms with van der Waals surface area (Å²) in [5.41, 5.74) is 3.30. The van der Waals surface area contributed by atoms with Crippen LogP contribution in [0.25, 0.3) is 6.08 Å². The number of nitrogens with zero attached hydrogens (tertiary/aromatic N) is 1. The molecule has 0 radical (unpaired) electrons. The highest BCUT2D eigenvalue weighted by Gasteiger charge is 2.31. The monoisotopic (exact) mass is 427 g/mol.